The Kier molecular flexibility index (Phi) is 3.85. The van der Waals surface area contributed by atoms with Crippen LogP contribution in [0.4, 0.5) is 0 Å². The van der Waals surface area contributed by atoms with Crippen LogP contribution in [0.15, 0.2) is 34.0 Å². The van der Waals surface area contributed by atoms with E-state index >= 15 is 0 Å². The Hall–Kier alpha value is -2.61. The number of H-pyrrole nitrogens is 1. The SMILES string of the molecule is CCc1cn(Cc2ccc(C#N)cc2C)c(=O)[nH]c1=O. The van der Waals surface area contributed by atoms with E-state index in [4.69, 9.17) is 5.26 Å². The molecule has 2 aromatic rings. The molecule has 1 aromatic heterocycles. The van der Waals surface area contributed by atoms with E-state index in [1.54, 1.807) is 18.3 Å². The largest absolute Gasteiger partial charge is 0.328 e. The van der Waals surface area contributed by atoms with Gasteiger partial charge in [-0.05, 0) is 36.6 Å². The van der Waals surface area contributed by atoms with Crippen molar-refractivity contribution < 1.29 is 0 Å². The molecule has 0 saturated carbocycles. The van der Waals surface area contributed by atoms with Crippen molar-refractivity contribution >= 4 is 0 Å². The van der Waals surface area contributed by atoms with Crippen LogP contribution in [0.5, 0.6) is 0 Å². The summed E-state index contributed by atoms with van der Waals surface area (Å²) in [5.41, 5.74) is 2.31. The van der Waals surface area contributed by atoms with Gasteiger partial charge < -0.3 is 0 Å². The van der Waals surface area contributed by atoms with Gasteiger partial charge in [0.15, 0.2) is 0 Å². The second-order valence-corrected chi connectivity index (χ2v) is 4.65. The molecule has 1 heterocycles. The first-order valence-electron chi connectivity index (χ1n) is 6.37. The molecule has 2 rings (SSSR count). The maximum atomic E-state index is 11.8. The van der Waals surface area contributed by atoms with E-state index < -0.39 is 5.69 Å². The molecule has 1 N–H and O–H groups in total. The summed E-state index contributed by atoms with van der Waals surface area (Å²) in [6.07, 6.45) is 2.17. The van der Waals surface area contributed by atoms with E-state index in [1.165, 1.54) is 4.57 Å². The van der Waals surface area contributed by atoms with Crippen LogP contribution in [0, 0.1) is 18.3 Å². The molecule has 0 saturated heterocycles. The molecule has 102 valence electrons. The van der Waals surface area contributed by atoms with Gasteiger partial charge in [0, 0.05) is 11.8 Å². The third-order valence-corrected chi connectivity index (χ3v) is 3.28. The predicted molar refractivity (Wildman–Crippen MR) is 75.7 cm³/mol. The zero-order chi connectivity index (χ0) is 14.7. The number of rotatable bonds is 3. The van der Waals surface area contributed by atoms with Crippen LogP contribution < -0.4 is 11.2 Å². The second-order valence-electron chi connectivity index (χ2n) is 4.65. The highest BCUT2D eigenvalue weighted by Gasteiger charge is 2.06. The third kappa shape index (κ3) is 2.69. The average molecular weight is 269 g/mol. The Morgan fingerprint density at radius 3 is 2.65 bits per heavy atom. The normalized spacial score (nSPS) is 10.2. The molecule has 0 unspecified atom stereocenters. The lowest BCUT2D eigenvalue weighted by atomic mass is 10.1. The highest BCUT2D eigenvalue weighted by molar-refractivity contribution is 5.37. The van der Waals surface area contributed by atoms with E-state index in [2.05, 4.69) is 11.1 Å². The Labute approximate surface area is 116 Å². The quantitative estimate of drug-likeness (QED) is 0.912. The predicted octanol–water partition coefficient (Wildman–Crippen LogP) is 1.33. The summed E-state index contributed by atoms with van der Waals surface area (Å²) in [7, 11) is 0. The molecular formula is C15H15N3O2. The first-order valence-corrected chi connectivity index (χ1v) is 6.37. The summed E-state index contributed by atoms with van der Waals surface area (Å²) in [6.45, 7) is 4.14. The van der Waals surface area contributed by atoms with Gasteiger partial charge in [-0.2, -0.15) is 5.26 Å². The summed E-state index contributed by atoms with van der Waals surface area (Å²) >= 11 is 0. The minimum Gasteiger partial charge on any atom is -0.296 e. The van der Waals surface area contributed by atoms with Crippen molar-refractivity contribution in [3.05, 3.63) is 67.5 Å². The summed E-state index contributed by atoms with van der Waals surface area (Å²) in [6, 6.07) is 7.42. The van der Waals surface area contributed by atoms with Crippen molar-refractivity contribution in [3.8, 4) is 6.07 Å². The van der Waals surface area contributed by atoms with E-state index in [0.29, 0.717) is 24.1 Å². The van der Waals surface area contributed by atoms with Crippen molar-refractivity contribution in [2.24, 2.45) is 0 Å². The lowest BCUT2D eigenvalue weighted by Crippen LogP contribution is -2.32. The van der Waals surface area contributed by atoms with Gasteiger partial charge in [0.25, 0.3) is 5.56 Å². The van der Waals surface area contributed by atoms with Crippen LogP contribution in [0.2, 0.25) is 0 Å². The van der Waals surface area contributed by atoms with E-state index in [-0.39, 0.29) is 5.56 Å². The fourth-order valence-corrected chi connectivity index (χ4v) is 2.05. The van der Waals surface area contributed by atoms with E-state index in [0.717, 1.165) is 11.1 Å². The van der Waals surface area contributed by atoms with Gasteiger partial charge in [-0.15, -0.1) is 0 Å². The van der Waals surface area contributed by atoms with Gasteiger partial charge in [-0.25, -0.2) is 4.79 Å². The Bertz CT molecular complexity index is 794. The Balaban J connectivity index is 2.43. The molecule has 0 radical (unpaired) electrons. The molecule has 0 aliphatic rings. The number of hydrogen-bond donors (Lipinski definition) is 1. The number of aromatic nitrogens is 2. The molecule has 5 heteroatoms. The maximum Gasteiger partial charge on any atom is 0.328 e. The van der Waals surface area contributed by atoms with Crippen LogP contribution in [-0.2, 0) is 13.0 Å². The minimum absolute atomic E-state index is 0.328. The number of aryl methyl sites for hydroxylation is 2. The van der Waals surface area contributed by atoms with Gasteiger partial charge in [-0.3, -0.25) is 14.3 Å². The molecule has 0 fully saturated rings. The first-order chi connectivity index (χ1) is 9.55. The van der Waals surface area contributed by atoms with Gasteiger partial charge in [0.1, 0.15) is 0 Å². The minimum atomic E-state index is -0.420. The van der Waals surface area contributed by atoms with Gasteiger partial charge in [0.2, 0.25) is 0 Å². The maximum absolute atomic E-state index is 11.8. The van der Waals surface area contributed by atoms with Crippen molar-refractivity contribution in [2.45, 2.75) is 26.8 Å². The van der Waals surface area contributed by atoms with Crippen molar-refractivity contribution in [1.29, 1.82) is 5.26 Å². The molecule has 1 aromatic carbocycles. The molecule has 0 amide bonds. The Morgan fingerprint density at radius 2 is 2.05 bits per heavy atom. The summed E-state index contributed by atoms with van der Waals surface area (Å²) in [4.78, 5) is 25.6. The number of nitriles is 1. The highest BCUT2D eigenvalue weighted by Crippen LogP contribution is 2.11. The lowest BCUT2D eigenvalue weighted by Gasteiger charge is -2.09. The summed E-state index contributed by atoms with van der Waals surface area (Å²) in [5, 5.41) is 8.84. The fourth-order valence-electron chi connectivity index (χ4n) is 2.05. The lowest BCUT2D eigenvalue weighted by molar-refractivity contribution is 0.705. The van der Waals surface area contributed by atoms with Gasteiger partial charge >= 0.3 is 5.69 Å². The monoisotopic (exact) mass is 269 g/mol. The Morgan fingerprint density at radius 1 is 1.30 bits per heavy atom. The molecule has 5 nitrogen and oxygen atoms in total. The van der Waals surface area contributed by atoms with Crippen molar-refractivity contribution in [3.63, 3.8) is 0 Å². The number of hydrogen-bond acceptors (Lipinski definition) is 3. The highest BCUT2D eigenvalue weighted by atomic mass is 16.2. The smallest absolute Gasteiger partial charge is 0.296 e. The van der Waals surface area contributed by atoms with Crippen LogP contribution in [0.1, 0.15) is 29.2 Å². The summed E-state index contributed by atoms with van der Waals surface area (Å²) in [5.74, 6) is 0. The first kappa shape index (κ1) is 13.8. The molecule has 0 aliphatic carbocycles. The van der Waals surface area contributed by atoms with Gasteiger partial charge in [-0.1, -0.05) is 13.0 Å². The van der Waals surface area contributed by atoms with Crippen LogP contribution in [-0.4, -0.2) is 9.55 Å². The topological polar surface area (TPSA) is 78.7 Å². The van der Waals surface area contributed by atoms with E-state index in [9.17, 15) is 9.59 Å². The standard InChI is InChI=1S/C15H15N3O2/c1-3-12-8-18(15(20)17-14(12)19)9-13-5-4-11(7-16)6-10(13)2/h4-6,8H,3,9H2,1-2H3,(H,17,19,20). The van der Waals surface area contributed by atoms with Gasteiger partial charge in [0.05, 0.1) is 18.2 Å². The number of aromatic amines is 1. The zero-order valence-electron chi connectivity index (χ0n) is 11.4. The van der Waals surface area contributed by atoms with Crippen molar-refractivity contribution in [1.82, 2.24) is 9.55 Å². The number of nitrogens with zero attached hydrogens (tertiary/aromatic N) is 2. The fraction of sp³-hybridized carbons (Fsp3) is 0.267. The third-order valence-electron chi connectivity index (χ3n) is 3.28. The van der Waals surface area contributed by atoms with E-state index in [1.807, 2.05) is 19.9 Å². The van der Waals surface area contributed by atoms with Crippen LogP contribution >= 0.6 is 0 Å². The number of nitrogens with one attached hydrogen (secondary N) is 1. The molecule has 0 aliphatic heterocycles. The van der Waals surface area contributed by atoms with Crippen molar-refractivity contribution in [2.75, 3.05) is 0 Å². The molecule has 0 bridgehead atoms. The zero-order valence-corrected chi connectivity index (χ0v) is 11.4. The number of benzene rings is 1. The molecular weight excluding hydrogens is 254 g/mol. The molecule has 0 atom stereocenters. The van der Waals surface area contributed by atoms with Crippen LogP contribution in [0.3, 0.4) is 0 Å². The summed E-state index contributed by atoms with van der Waals surface area (Å²) < 4.78 is 1.48. The molecule has 20 heavy (non-hydrogen) atoms. The second kappa shape index (κ2) is 5.57. The van der Waals surface area contributed by atoms with Crippen LogP contribution in [0.25, 0.3) is 0 Å². The average Bonchev–Trinajstić information content (AvgIpc) is 2.43. The molecule has 0 spiro atoms.